The molecule has 0 saturated heterocycles. The number of hydrogen-bond acceptors (Lipinski definition) is 4. The van der Waals surface area contributed by atoms with Crippen LogP contribution in [0.25, 0.3) is 22.0 Å². The first-order chi connectivity index (χ1) is 12.5. The molecule has 1 aromatic heterocycles. The van der Waals surface area contributed by atoms with Crippen molar-refractivity contribution in [1.29, 1.82) is 0 Å². The van der Waals surface area contributed by atoms with Crippen molar-refractivity contribution in [3.05, 3.63) is 48.7 Å². The van der Waals surface area contributed by atoms with Crippen LogP contribution in [0.5, 0.6) is 5.75 Å². The van der Waals surface area contributed by atoms with Crippen LogP contribution in [-0.2, 0) is 9.59 Å². The normalized spacial score (nSPS) is 10.4. The van der Waals surface area contributed by atoms with Gasteiger partial charge in [0.25, 0.3) is 0 Å². The second-order valence-electron chi connectivity index (χ2n) is 5.81. The number of nitrogens with one attached hydrogen (secondary N) is 2. The Balaban J connectivity index is 2.23. The zero-order chi connectivity index (χ0) is 18.7. The molecule has 0 aliphatic rings. The molecular formula is C20H19N3O3. The fraction of sp³-hybridized carbons (Fsp3) is 0.150. The predicted molar refractivity (Wildman–Crippen MR) is 102 cm³/mol. The van der Waals surface area contributed by atoms with Crippen molar-refractivity contribution in [2.24, 2.45) is 0 Å². The maximum atomic E-state index is 11.5. The summed E-state index contributed by atoms with van der Waals surface area (Å²) in [6.07, 6.45) is 1.68. The molecule has 3 rings (SSSR count). The molecule has 2 amide bonds. The van der Waals surface area contributed by atoms with Crippen molar-refractivity contribution in [1.82, 2.24) is 4.98 Å². The molecule has 2 N–H and O–H groups in total. The number of rotatable bonds is 4. The molecule has 2 aromatic carbocycles. The van der Waals surface area contributed by atoms with E-state index in [1.54, 1.807) is 19.4 Å². The van der Waals surface area contributed by atoms with Crippen LogP contribution in [0, 0.1) is 0 Å². The lowest BCUT2D eigenvalue weighted by molar-refractivity contribution is -0.115. The van der Waals surface area contributed by atoms with Crippen LogP contribution < -0.4 is 15.4 Å². The largest absolute Gasteiger partial charge is 0.492 e. The van der Waals surface area contributed by atoms with E-state index in [-0.39, 0.29) is 11.8 Å². The third-order valence-electron chi connectivity index (χ3n) is 3.91. The molecule has 1 heterocycles. The Morgan fingerprint density at radius 1 is 0.885 bits per heavy atom. The Hall–Kier alpha value is -3.41. The third kappa shape index (κ3) is 3.35. The standard InChI is InChI=1S/C20H19N3O3/c1-12(24)22-17-7-5-4-6-15(17)14-10-11-21-19-16(14)8-9-18(20(19)26-3)23-13(2)25/h4-11H,1-3H3,(H,22,24)(H,23,25). The first-order valence-corrected chi connectivity index (χ1v) is 8.11. The zero-order valence-electron chi connectivity index (χ0n) is 14.8. The summed E-state index contributed by atoms with van der Waals surface area (Å²) in [5.74, 6) is 0.174. The lowest BCUT2D eigenvalue weighted by atomic mass is 9.99. The minimum atomic E-state index is -0.185. The minimum Gasteiger partial charge on any atom is -0.492 e. The Bertz CT molecular complexity index is 999. The number of amides is 2. The second-order valence-corrected chi connectivity index (χ2v) is 5.81. The Morgan fingerprint density at radius 2 is 1.58 bits per heavy atom. The average Bonchev–Trinajstić information content (AvgIpc) is 2.60. The van der Waals surface area contributed by atoms with Gasteiger partial charge in [-0.2, -0.15) is 0 Å². The summed E-state index contributed by atoms with van der Waals surface area (Å²) >= 11 is 0. The molecule has 6 heteroatoms. The Labute approximate surface area is 151 Å². The van der Waals surface area contributed by atoms with Crippen molar-refractivity contribution in [3.63, 3.8) is 0 Å². The van der Waals surface area contributed by atoms with Gasteiger partial charge in [0.2, 0.25) is 11.8 Å². The van der Waals surface area contributed by atoms with Crippen LogP contribution in [0.4, 0.5) is 11.4 Å². The third-order valence-corrected chi connectivity index (χ3v) is 3.91. The fourth-order valence-corrected chi connectivity index (χ4v) is 2.94. The molecule has 132 valence electrons. The second kappa shape index (κ2) is 7.23. The number of carbonyl (C=O) groups is 2. The number of fused-ring (bicyclic) bond motifs is 1. The predicted octanol–water partition coefficient (Wildman–Crippen LogP) is 3.83. The molecule has 0 spiro atoms. The molecule has 0 radical (unpaired) electrons. The topological polar surface area (TPSA) is 80.3 Å². The highest BCUT2D eigenvalue weighted by atomic mass is 16.5. The van der Waals surface area contributed by atoms with E-state index < -0.39 is 0 Å². The van der Waals surface area contributed by atoms with Gasteiger partial charge in [-0.1, -0.05) is 18.2 Å². The Kier molecular flexibility index (Phi) is 4.84. The molecule has 0 fully saturated rings. The van der Waals surface area contributed by atoms with E-state index in [9.17, 15) is 9.59 Å². The van der Waals surface area contributed by atoms with E-state index >= 15 is 0 Å². The molecule has 3 aromatic rings. The number of hydrogen-bond donors (Lipinski definition) is 2. The smallest absolute Gasteiger partial charge is 0.221 e. The first-order valence-electron chi connectivity index (χ1n) is 8.11. The number of para-hydroxylation sites is 1. The molecule has 0 unspecified atom stereocenters. The highest BCUT2D eigenvalue weighted by Crippen LogP contribution is 2.39. The molecular weight excluding hydrogens is 330 g/mol. The van der Waals surface area contributed by atoms with Gasteiger partial charge in [0.05, 0.1) is 12.8 Å². The van der Waals surface area contributed by atoms with Crippen LogP contribution in [0.3, 0.4) is 0 Å². The number of methoxy groups -OCH3 is 1. The summed E-state index contributed by atoms with van der Waals surface area (Å²) < 4.78 is 5.50. The summed E-state index contributed by atoms with van der Waals surface area (Å²) in [6.45, 7) is 2.92. The molecule has 0 bridgehead atoms. The van der Waals surface area contributed by atoms with Crippen LogP contribution in [0.2, 0.25) is 0 Å². The van der Waals surface area contributed by atoms with Crippen LogP contribution in [-0.4, -0.2) is 23.9 Å². The van der Waals surface area contributed by atoms with Crippen molar-refractivity contribution in [2.75, 3.05) is 17.7 Å². The number of nitrogens with zero attached hydrogens (tertiary/aromatic N) is 1. The van der Waals surface area contributed by atoms with Gasteiger partial charge in [0, 0.05) is 36.7 Å². The van der Waals surface area contributed by atoms with Crippen molar-refractivity contribution in [2.45, 2.75) is 13.8 Å². The fourth-order valence-electron chi connectivity index (χ4n) is 2.94. The quantitative estimate of drug-likeness (QED) is 0.750. The highest BCUT2D eigenvalue weighted by molar-refractivity contribution is 6.05. The monoisotopic (exact) mass is 349 g/mol. The number of benzene rings is 2. The number of anilines is 2. The molecule has 0 atom stereocenters. The average molecular weight is 349 g/mol. The number of aromatic nitrogens is 1. The molecule has 0 saturated carbocycles. The van der Waals surface area contributed by atoms with E-state index in [4.69, 9.17) is 4.74 Å². The number of carbonyl (C=O) groups excluding carboxylic acids is 2. The van der Waals surface area contributed by atoms with E-state index in [0.717, 1.165) is 22.2 Å². The summed E-state index contributed by atoms with van der Waals surface area (Å²) in [5.41, 5.74) is 3.70. The molecule has 0 aliphatic carbocycles. The van der Waals surface area contributed by atoms with Gasteiger partial charge in [-0.15, -0.1) is 0 Å². The van der Waals surface area contributed by atoms with Gasteiger partial charge in [-0.3, -0.25) is 14.6 Å². The zero-order valence-corrected chi connectivity index (χ0v) is 14.8. The van der Waals surface area contributed by atoms with E-state index in [1.165, 1.54) is 13.8 Å². The molecule has 0 aliphatic heterocycles. The molecule has 26 heavy (non-hydrogen) atoms. The summed E-state index contributed by atoms with van der Waals surface area (Å²) in [6, 6.07) is 13.1. The van der Waals surface area contributed by atoms with Gasteiger partial charge in [0.15, 0.2) is 5.75 Å². The van der Waals surface area contributed by atoms with Gasteiger partial charge < -0.3 is 15.4 Å². The van der Waals surface area contributed by atoms with Crippen molar-refractivity contribution in [3.8, 4) is 16.9 Å². The van der Waals surface area contributed by atoms with E-state index in [0.29, 0.717) is 17.0 Å². The number of ether oxygens (including phenoxy) is 1. The van der Waals surface area contributed by atoms with Gasteiger partial charge in [-0.25, -0.2) is 0 Å². The lowest BCUT2D eigenvalue weighted by Crippen LogP contribution is -2.08. The van der Waals surface area contributed by atoms with Gasteiger partial charge in [0.1, 0.15) is 5.52 Å². The SMILES string of the molecule is COc1c(NC(C)=O)ccc2c(-c3ccccc3NC(C)=O)ccnc12. The summed E-state index contributed by atoms with van der Waals surface area (Å²) in [5, 5.41) is 6.46. The highest BCUT2D eigenvalue weighted by Gasteiger charge is 2.15. The molecule has 6 nitrogen and oxygen atoms in total. The van der Waals surface area contributed by atoms with E-state index in [2.05, 4.69) is 15.6 Å². The Morgan fingerprint density at radius 3 is 2.27 bits per heavy atom. The first kappa shape index (κ1) is 17.4. The minimum absolute atomic E-state index is 0.138. The number of pyridine rings is 1. The summed E-state index contributed by atoms with van der Waals surface area (Å²) in [4.78, 5) is 27.4. The van der Waals surface area contributed by atoms with Gasteiger partial charge in [-0.05, 0) is 29.8 Å². The maximum absolute atomic E-state index is 11.5. The van der Waals surface area contributed by atoms with Crippen LogP contribution >= 0.6 is 0 Å². The van der Waals surface area contributed by atoms with Gasteiger partial charge >= 0.3 is 0 Å². The van der Waals surface area contributed by atoms with Crippen LogP contribution in [0.15, 0.2) is 48.7 Å². The maximum Gasteiger partial charge on any atom is 0.221 e. The van der Waals surface area contributed by atoms with E-state index in [1.807, 2.05) is 36.4 Å². The summed E-state index contributed by atoms with van der Waals surface area (Å²) in [7, 11) is 1.54. The lowest BCUT2D eigenvalue weighted by Gasteiger charge is -2.15. The van der Waals surface area contributed by atoms with Crippen molar-refractivity contribution < 1.29 is 14.3 Å². The van der Waals surface area contributed by atoms with Crippen LogP contribution in [0.1, 0.15) is 13.8 Å². The van der Waals surface area contributed by atoms with Crippen molar-refractivity contribution >= 4 is 34.1 Å².